The molecule has 2 amide bonds. The third-order valence-electron chi connectivity index (χ3n) is 7.20. The summed E-state index contributed by atoms with van der Waals surface area (Å²) in [6.45, 7) is 2.86. The molecule has 0 bridgehead atoms. The van der Waals surface area contributed by atoms with E-state index in [2.05, 4.69) is 29.2 Å². The van der Waals surface area contributed by atoms with E-state index in [9.17, 15) is 9.59 Å². The van der Waals surface area contributed by atoms with Crippen LogP contribution in [0.3, 0.4) is 0 Å². The standard InChI is InChI=1S/C29H32N4O2/c30-28(34)23-14-15-27(31-26(23)13-7-10-21-8-3-1-4-9-21)32-16-18-33(19-17-32)29(35)25-20-24(25)22-11-5-2-6-12-22/h1-6,8-9,11-12,14-15,24-25H,7,10,13,16-20H2,(H2,30,34). The molecular formula is C29H32N4O2. The van der Waals surface area contributed by atoms with Crippen molar-refractivity contribution >= 4 is 17.6 Å². The highest BCUT2D eigenvalue weighted by molar-refractivity contribution is 5.94. The zero-order valence-electron chi connectivity index (χ0n) is 20.0. The highest BCUT2D eigenvalue weighted by Crippen LogP contribution is 2.48. The van der Waals surface area contributed by atoms with E-state index in [4.69, 9.17) is 10.7 Å². The fraction of sp³-hybridized carbons (Fsp3) is 0.345. The smallest absolute Gasteiger partial charge is 0.250 e. The van der Waals surface area contributed by atoms with Crippen LogP contribution in [0.5, 0.6) is 0 Å². The maximum absolute atomic E-state index is 13.0. The quantitative estimate of drug-likeness (QED) is 0.545. The van der Waals surface area contributed by atoms with Crippen LogP contribution in [0.1, 0.15) is 45.9 Å². The van der Waals surface area contributed by atoms with E-state index >= 15 is 0 Å². The molecule has 1 saturated carbocycles. The van der Waals surface area contributed by atoms with E-state index in [1.165, 1.54) is 11.1 Å². The van der Waals surface area contributed by atoms with Gasteiger partial charge in [-0.05, 0) is 54.9 Å². The number of nitrogens with two attached hydrogens (primary N) is 1. The predicted octanol–water partition coefficient (Wildman–Crippen LogP) is 3.81. The van der Waals surface area contributed by atoms with Gasteiger partial charge in [0.1, 0.15) is 5.82 Å². The fourth-order valence-electron chi connectivity index (χ4n) is 5.11. The fourth-order valence-corrected chi connectivity index (χ4v) is 5.11. The van der Waals surface area contributed by atoms with Crippen LogP contribution in [-0.4, -0.2) is 47.9 Å². The van der Waals surface area contributed by atoms with Crippen LogP contribution in [-0.2, 0) is 17.6 Å². The van der Waals surface area contributed by atoms with Crippen LogP contribution >= 0.6 is 0 Å². The van der Waals surface area contributed by atoms with Gasteiger partial charge >= 0.3 is 0 Å². The van der Waals surface area contributed by atoms with E-state index in [1.54, 1.807) is 6.07 Å². The lowest BCUT2D eigenvalue weighted by Crippen LogP contribution is -2.49. The van der Waals surface area contributed by atoms with Crippen molar-refractivity contribution in [1.29, 1.82) is 0 Å². The Morgan fingerprint density at radius 1 is 0.857 bits per heavy atom. The summed E-state index contributed by atoms with van der Waals surface area (Å²) in [5.41, 5.74) is 9.42. The van der Waals surface area contributed by atoms with Crippen molar-refractivity contribution in [3.63, 3.8) is 0 Å². The van der Waals surface area contributed by atoms with Gasteiger partial charge in [-0.25, -0.2) is 4.98 Å². The van der Waals surface area contributed by atoms with E-state index in [1.807, 2.05) is 47.4 Å². The van der Waals surface area contributed by atoms with Crippen molar-refractivity contribution in [3.8, 4) is 0 Å². The molecule has 3 aromatic rings. The van der Waals surface area contributed by atoms with Gasteiger partial charge in [0.05, 0.1) is 11.3 Å². The number of nitrogens with zero attached hydrogens (tertiary/aromatic N) is 3. The maximum atomic E-state index is 13.0. The molecule has 0 radical (unpaired) electrons. The van der Waals surface area contributed by atoms with Gasteiger partial charge in [0.25, 0.3) is 5.91 Å². The van der Waals surface area contributed by atoms with Crippen LogP contribution in [0.2, 0.25) is 0 Å². The first-order chi connectivity index (χ1) is 17.1. The third kappa shape index (κ3) is 5.37. The van der Waals surface area contributed by atoms with E-state index in [0.29, 0.717) is 31.0 Å². The lowest BCUT2D eigenvalue weighted by molar-refractivity contribution is -0.133. The molecule has 1 aliphatic heterocycles. The Morgan fingerprint density at radius 3 is 2.23 bits per heavy atom. The first-order valence-electron chi connectivity index (χ1n) is 12.5. The second-order valence-electron chi connectivity index (χ2n) is 9.54. The highest BCUT2D eigenvalue weighted by atomic mass is 16.2. The average molecular weight is 469 g/mol. The second kappa shape index (κ2) is 10.3. The molecule has 2 aliphatic rings. The van der Waals surface area contributed by atoms with Gasteiger partial charge in [0, 0.05) is 32.1 Å². The van der Waals surface area contributed by atoms with E-state index in [-0.39, 0.29) is 11.8 Å². The van der Waals surface area contributed by atoms with Gasteiger partial charge in [-0.15, -0.1) is 0 Å². The molecule has 2 unspecified atom stereocenters. The highest BCUT2D eigenvalue weighted by Gasteiger charge is 2.46. The van der Waals surface area contributed by atoms with Crippen LogP contribution in [0.15, 0.2) is 72.8 Å². The lowest BCUT2D eigenvalue weighted by Gasteiger charge is -2.36. The average Bonchev–Trinajstić information content (AvgIpc) is 3.70. The van der Waals surface area contributed by atoms with Crippen LogP contribution in [0, 0.1) is 5.92 Å². The Kier molecular flexibility index (Phi) is 6.80. The number of aromatic nitrogens is 1. The van der Waals surface area contributed by atoms with Crippen molar-refractivity contribution in [2.75, 3.05) is 31.1 Å². The van der Waals surface area contributed by atoms with Crippen molar-refractivity contribution in [3.05, 3.63) is 95.2 Å². The molecule has 5 rings (SSSR count). The molecule has 35 heavy (non-hydrogen) atoms. The van der Waals surface area contributed by atoms with Crippen molar-refractivity contribution < 1.29 is 9.59 Å². The number of primary amides is 1. The number of rotatable bonds is 8. The Morgan fingerprint density at radius 2 is 1.54 bits per heavy atom. The Hall–Kier alpha value is -3.67. The Labute approximate surface area is 206 Å². The van der Waals surface area contributed by atoms with Gasteiger partial charge in [-0.3, -0.25) is 9.59 Å². The minimum atomic E-state index is -0.438. The molecule has 0 spiro atoms. The number of aryl methyl sites for hydroxylation is 2. The number of hydrogen-bond donors (Lipinski definition) is 1. The first kappa shape index (κ1) is 23.1. The van der Waals surface area contributed by atoms with Crippen LogP contribution < -0.4 is 10.6 Å². The molecule has 1 aliphatic carbocycles. The molecule has 1 aromatic heterocycles. The Bertz CT molecular complexity index is 1170. The normalized spacial score (nSPS) is 19.4. The van der Waals surface area contributed by atoms with Gasteiger partial charge in [-0.1, -0.05) is 60.7 Å². The monoisotopic (exact) mass is 468 g/mol. The number of hydrogen-bond acceptors (Lipinski definition) is 4. The zero-order valence-corrected chi connectivity index (χ0v) is 20.0. The molecule has 6 nitrogen and oxygen atoms in total. The minimum Gasteiger partial charge on any atom is -0.366 e. The molecule has 2 N–H and O–H groups in total. The number of amides is 2. The summed E-state index contributed by atoms with van der Waals surface area (Å²) in [6.07, 6.45) is 3.47. The summed E-state index contributed by atoms with van der Waals surface area (Å²) < 4.78 is 0. The number of benzene rings is 2. The van der Waals surface area contributed by atoms with Crippen LogP contribution in [0.25, 0.3) is 0 Å². The molecule has 2 heterocycles. The predicted molar refractivity (Wildman–Crippen MR) is 137 cm³/mol. The number of pyridine rings is 1. The number of carbonyl (C=O) groups excluding carboxylic acids is 2. The van der Waals surface area contributed by atoms with Gasteiger partial charge in [0.2, 0.25) is 5.91 Å². The topological polar surface area (TPSA) is 79.5 Å². The zero-order chi connectivity index (χ0) is 24.2. The maximum Gasteiger partial charge on any atom is 0.250 e. The molecular weight excluding hydrogens is 436 g/mol. The molecule has 6 heteroatoms. The minimum absolute atomic E-state index is 0.119. The Balaban J connectivity index is 1.18. The van der Waals surface area contributed by atoms with E-state index in [0.717, 1.165) is 43.9 Å². The largest absolute Gasteiger partial charge is 0.366 e. The summed E-state index contributed by atoms with van der Waals surface area (Å²) in [5.74, 6) is 1.17. The molecule has 180 valence electrons. The van der Waals surface area contributed by atoms with E-state index < -0.39 is 5.91 Å². The molecule has 2 atom stereocenters. The lowest BCUT2D eigenvalue weighted by atomic mass is 10.0. The number of piperazine rings is 1. The number of anilines is 1. The molecule has 2 fully saturated rings. The van der Waals surface area contributed by atoms with Crippen LogP contribution in [0.4, 0.5) is 5.82 Å². The second-order valence-corrected chi connectivity index (χ2v) is 9.54. The first-order valence-corrected chi connectivity index (χ1v) is 12.5. The summed E-state index contributed by atoms with van der Waals surface area (Å²) >= 11 is 0. The third-order valence-corrected chi connectivity index (χ3v) is 7.20. The van der Waals surface area contributed by atoms with Crippen molar-refractivity contribution in [1.82, 2.24) is 9.88 Å². The summed E-state index contributed by atoms with van der Waals surface area (Å²) in [5, 5.41) is 0. The van der Waals surface area contributed by atoms with Crippen molar-refractivity contribution in [2.24, 2.45) is 11.7 Å². The molecule has 2 aromatic carbocycles. The van der Waals surface area contributed by atoms with Crippen molar-refractivity contribution in [2.45, 2.75) is 31.6 Å². The van der Waals surface area contributed by atoms with Gasteiger partial charge in [0.15, 0.2) is 0 Å². The van der Waals surface area contributed by atoms with Gasteiger partial charge in [-0.2, -0.15) is 0 Å². The summed E-state index contributed by atoms with van der Waals surface area (Å²) in [6, 6.07) is 24.3. The van der Waals surface area contributed by atoms with Gasteiger partial charge < -0.3 is 15.5 Å². The summed E-state index contributed by atoms with van der Waals surface area (Å²) in [7, 11) is 0. The summed E-state index contributed by atoms with van der Waals surface area (Å²) in [4.78, 5) is 34.1. The number of carbonyl (C=O) groups is 2. The molecule has 1 saturated heterocycles. The SMILES string of the molecule is NC(=O)c1ccc(N2CCN(C(=O)C3CC3c3ccccc3)CC2)nc1CCCc1ccccc1.